The van der Waals surface area contributed by atoms with E-state index in [9.17, 15) is 13.2 Å². The van der Waals surface area contributed by atoms with Crippen molar-refractivity contribution in [3.63, 3.8) is 0 Å². The first-order valence-electron chi connectivity index (χ1n) is 8.41. The molecule has 2 aromatic rings. The molecule has 8 heteroatoms. The highest BCUT2D eigenvalue weighted by molar-refractivity contribution is 7.92. The fraction of sp³-hybridized carbons (Fsp3) is 0.263. The zero-order valence-corrected chi connectivity index (χ0v) is 16.4. The molecule has 1 N–H and O–H groups in total. The van der Waals surface area contributed by atoms with Crippen molar-refractivity contribution < 1.29 is 17.9 Å². The Balaban J connectivity index is 2.19. The summed E-state index contributed by atoms with van der Waals surface area (Å²) in [6.07, 6.45) is 1.04. The molecular formula is C19H23N3O4S. The van der Waals surface area contributed by atoms with Crippen LogP contribution in [0.3, 0.4) is 0 Å². The number of nitrogens with one attached hydrogen (secondary N) is 1. The minimum atomic E-state index is -3.70. The molecule has 0 aliphatic rings. The topological polar surface area (TPSA) is 88.1 Å². The highest BCUT2D eigenvalue weighted by Gasteiger charge is 2.23. The van der Waals surface area contributed by atoms with E-state index in [1.807, 2.05) is 30.3 Å². The number of amides is 1. The lowest BCUT2D eigenvalue weighted by atomic mass is 10.1. The average Bonchev–Trinajstić information content (AvgIpc) is 2.65. The molecule has 0 aromatic heterocycles. The van der Waals surface area contributed by atoms with Gasteiger partial charge in [-0.05, 0) is 31.5 Å². The van der Waals surface area contributed by atoms with E-state index in [4.69, 9.17) is 4.74 Å². The Morgan fingerprint density at radius 3 is 2.37 bits per heavy atom. The number of hydrazone groups is 1. The van der Waals surface area contributed by atoms with Gasteiger partial charge in [-0.15, -0.1) is 0 Å². The SMILES string of the molecule is CCOc1ccccc1N(CC(=O)N/N=C(/C)c1ccccc1)S(C)(=O)=O. The number of hydrogen-bond donors (Lipinski definition) is 1. The second-order valence-corrected chi connectivity index (χ2v) is 7.68. The van der Waals surface area contributed by atoms with Gasteiger partial charge in [-0.2, -0.15) is 5.10 Å². The Morgan fingerprint density at radius 1 is 1.11 bits per heavy atom. The van der Waals surface area contributed by atoms with Crippen LogP contribution in [0.5, 0.6) is 5.75 Å². The molecule has 0 radical (unpaired) electrons. The molecule has 2 rings (SSSR count). The van der Waals surface area contributed by atoms with E-state index in [0.717, 1.165) is 16.1 Å². The van der Waals surface area contributed by atoms with Gasteiger partial charge in [0.1, 0.15) is 12.3 Å². The molecular weight excluding hydrogens is 366 g/mol. The Morgan fingerprint density at radius 2 is 1.74 bits per heavy atom. The first-order valence-corrected chi connectivity index (χ1v) is 10.3. The maximum absolute atomic E-state index is 12.3. The van der Waals surface area contributed by atoms with Gasteiger partial charge in [0, 0.05) is 0 Å². The molecule has 7 nitrogen and oxygen atoms in total. The van der Waals surface area contributed by atoms with Crippen molar-refractivity contribution in [1.29, 1.82) is 0 Å². The van der Waals surface area contributed by atoms with Gasteiger partial charge < -0.3 is 4.74 Å². The fourth-order valence-electron chi connectivity index (χ4n) is 2.38. The summed E-state index contributed by atoms with van der Waals surface area (Å²) >= 11 is 0. The van der Waals surface area contributed by atoms with Crippen LogP contribution in [0.2, 0.25) is 0 Å². The highest BCUT2D eigenvalue weighted by Crippen LogP contribution is 2.29. The number of ether oxygens (including phenoxy) is 1. The Hall–Kier alpha value is -2.87. The van der Waals surface area contributed by atoms with Gasteiger partial charge in [0.15, 0.2) is 0 Å². The molecule has 0 bridgehead atoms. The van der Waals surface area contributed by atoms with Crippen LogP contribution in [-0.4, -0.2) is 39.4 Å². The van der Waals surface area contributed by atoms with Crippen LogP contribution in [0.25, 0.3) is 0 Å². The molecule has 2 aromatic carbocycles. The second kappa shape index (κ2) is 9.18. The molecule has 0 aliphatic carbocycles. The maximum atomic E-state index is 12.3. The lowest BCUT2D eigenvalue weighted by molar-refractivity contribution is -0.119. The lowest BCUT2D eigenvalue weighted by Gasteiger charge is -2.23. The van der Waals surface area contributed by atoms with Crippen molar-refractivity contribution in [2.45, 2.75) is 13.8 Å². The minimum absolute atomic E-state index is 0.306. The van der Waals surface area contributed by atoms with Gasteiger partial charge >= 0.3 is 0 Å². The number of rotatable bonds is 8. The highest BCUT2D eigenvalue weighted by atomic mass is 32.2. The van der Waals surface area contributed by atoms with Crippen LogP contribution < -0.4 is 14.5 Å². The lowest BCUT2D eigenvalue weighted by Crippen LogP contribution is -2.39. The third kappa shape index (κ3) is 5.82. The van der Waals surface area contributed by atoms with Crippen molar-refractivity contribution in [1.82, 2.24) is 5.43 Å². The molecule has 0 spiro atoms. The van der Waals surface area contributed by atoms with Crippen LogP contribution >= 0.6 is 0 Å². The van der Waals surface area contributed by atoms with Crippen molar-refractivity contribution >= 4 is 27.3 Å². The van der Waals surface area contributed by atoms with Crippen LogP contribution in [0, 0.1) is 0 Å². The Bertz CT molecular complexity index is 912. The molecule has 0 saturated heterocycles. The summed E-state index contributed by atoms with van der Waals surface area (Å²) in [5.74, 6) is -0.163. The quantitative estimate of drug-likeness (QED) is 0.555. The minimum Gasteiger partial charge on any atom is -0.492 e. The van der Waals surface area contributed by atoms with E-state index in [2.05, 4.69) is 10.5 Å². The number of sulfonamides is 1. The number of nitrogens with zero attached hydrogens (tertiary/aromatic N) is 2. The van der Waals surface area contributed by atoms with Gasteiger partial charge in [-0.1, -0.05) is 42.5 Å². The summed E-state index contributed by atoms with van der Waals surface area (Å²) in [6.45, 7) is 3.53. The Labute approximate surface area is 159 Å². The first-order chi connectivity index (χ1) is 12.8. The first kappa shape index (κ1) is 20.4. The van der Waals surface area contributed by atoms with Gasteiger partial charge in [-0.25, -0.2) is 13.8 Å². The number of carbonyl (C=O) groups excluding carboxylic acids is 1. The summed E-state index contributed by atoms with van der Waals surface area (Å²) in [5, 5.41) is 4.05. The number of anilines is 1. The summed E-state index contributed by atoms with van der Waals surface area (Å²) in [5.41, 5.74) is 4.19. The van der Waals surface area contributed by atoms with Gasteiger partial charge in [0.25, 0.3) is 5.91 Å². The average molecular weight is 389 g/mol. The summed E-state index contributed by atoms with van der Waals surface area (Å²) in [4.78, 5) is 12.3. The van der Waals surface area contributed by atoms with Gasteiger partial charge in [0.2, 0.25) is 10.0 Å². The number of hydrogen-bond acceptors (Lipinski definition) is 5. The molecule has 27 heavy (non-hydrogen) atoms. The maximum Gasteiger partial charge on any atom is 0.260 e. The van der Waals surface area contributed by atoms with Crippen LogP contribution in [0.1, 0.15) is 19.4 Å². The monoisotopic (exact) mass is 389 g/mol. The normalized spacial score (nSPS) is 11.7. The zero-order valence-electron chi connectivity index (χ0n) is 15.5. The third-order valence-electron chi connectivity index (χ3n) is 3.66. The fourth-order valence-corrected chi connectivity index (χ4v) is 3.24. The van der Waals surface area contributed by atoms with E-state index >= 15 is 0 Å². The molecule has 0 fully saturated rings. The number of para-hydroxylation sites is 2. The summed E-state index contributed by atoms with van der Waals surface area (Å²) in [6, 6.07) is 16.0. The molecule has 1 amide bonds. The molecule has 0 aliphatic heterocycles. The predicted molar refractivity (Wildman–Crippen MR) is 107 cm³/mol. The molecule has 0 atom stereocenters. The molecule has 144 valence electrons. The summed E-state index contributed by atoms with van der Waals surface area (Å²) in [7, 11) is -3.70. The summed E-state index contributed by atoms with van der Waals surface area (Å²) < 4.78 is 31.0. The van der Waals surface area contributed by atoms with Crippen molar-refractivity contribution in [3.8, 4) is 5.75 Å². The Kier molecular flexibility index (Phi) is 6.95. The molecule has 0 saturated carbocycles. The van der Waals surface area contributed by atoms with Crippen LogP contribution in [0.4, 0.5) is 5.69 Å². The largest absolute Gasteiger partial charge is 0.492 e. The number of benzene rings is 2. The van der Waals surface area contributed by atoms with E-state index in [-0.39, 0.29) is 0 Å². The predicted octanol–water partition coefficient (Wildman–Crippen LogP) is 2.39. The van der Waals surface area contributed by atoms with Crippen molar-refractivity contribution in [3.05, 3.63) is 60.2 Å². The smallest absolute Gasteiger partial charge is 0.260 e. The van der Waals surface area contributed by atoms with Crippen molar-refractivity contribution in [2.24, 2.45) is 5.10 Å². The zero-order chi connectivity index (χ0) is 19.9. The van der Waals surface area contributed by atoms with Crippen LogP contribution in [0.15, 0.2) is 59.7 Å². The van der Waals surface area contributed by atoms with Gasteiger partial charge in [-0.3, -0.25) is 9.10 Å². The van der Waals surface area contributed by atoms with Crippen molar-refractivity contribution in [2.75, 3.05) is 23.7 Å². The second-order valence-electron chi connectivity index (χ2n) is 5.77. The standard InChI is InChI=1S/C19H23N3O4S/c1-4-26-18-13-9-8-12-17(18)22(27(3,24)25)14-19(23)21-20-15(2)16-10-6-5-7-11-16/h5-13H,4,14H2,1-3H3,(H,21,23)/b20-15-. The van der Waals surface area contributed by atoms with Gasteiger partial charge in [0.05, 0.1) is 24.3 Å². The molecule has 0 unspecified atom stereocenters. The van der Waals surface area contributed by atoms with E-state index in [0.29, 0.717) is 23.8 Å². The van der Waals surface area contributed by atoms with E-state index < -0.39 is 22.5 Å². The third-order valence-corrected chi connectivity index (χ3v) is 4.79. The van der Waals surface area contributed by atoms with Crippen LogP contribution in [-0.2, 0) is 14.8 Å². The van der Waals surface area contributed by atoms with E-state index in [1.165, 1.54) is 0 Å². The van der Waals surface area contributed by atoms with E-state index in [1.54, 1.807) is 38.1 Å². The number of carbonyl (C=O) groups is 1. The molecule has 0 heterocycles.